The molecule has 0 aliphatic rings. The lowest BCUT2D eigenvalue weighted by atomic mass is 10.1. The molecule has 0 N–H and O–H groups in total. The van der Waals surface area contributed by atoms with Gasteiger partial charge in [-0.1, -0.05) is 92.8 Å². The van der Waals surface area contributed by atoms with Crippen LogP contribution in [0.3, 0.4) is 0 Å². The van der Waals surface area contributed by atoms with Crippen LogP contribution in [0.25, 0.3) is 0 Å². The Bertz CT molecular complexity index is 1090. The Kier molecular flexibility index (Phi) is 15.0. The molecular weight excluding hydrogens is 394 g/mol. The minimum absolute atomic E-state index is 0.0427. The van der Waals surface area contributed by atoms with E-state index in [9.17, 15) is 9.59 Å². The fourth-order valence-electron chi connectivity index (χ4n) is 1.86. The maximum atomic E-state index is 12.5. The second kappa shape index (κ2) is 17.4. The van der Waals surface area contributed by atoms with E-state index in [-0.39, 0.29) is 11.4 Å². The predicted octanol–water partition coefficient (Wildman–Crippen LogP) is 5.76. The summed E-state index contributed by atoms with van der Waals surface area (Å²) in [5, 5.41) is 0. The standard InChI is InChI=1S/C29H27NO2/c1-7-13-15-18-24(10-4)20-22-28(31)26(12-6)30-27(17-9-3)29(32)23-21-25(11-5)19-16-14-8-2/h7-19H,1,3-4,6H2,2,5H3/b14-8-,15-13-,19-16-,24-18+,25-11+,27-17-,30-26+. The number of aliphatic imine (C=N–C) groups is 1. The zero-order valence-electron chi connectivity index (χ0n) is 18.6. The van der Waals surface area contributed by atoms with E-state index in [0.29, 0.717) is 11.1 Å². The third-order valence-electron chi connectivity index (χ3n) is 3.45. The van der Waals surface area contributed by atoms with Gasteiger partial charge in [0.25, 0.3) is 11.6 Å². The van der Waals surface area contributed by atoms with Crippen LogP contribution in [0.15, 0.2) is 127 Å². The quantitative estimate of drug-likeness (QED) is 0.148. The molecule has 32 heavy (non-hydrogen) atoms. The van der Waals surface area contributed by atoms with Gasteiger partial charge in [-0.25, -0.2) is 4.99 Å². The Morgan fingerprint density at radius 2 is 1.41 bits per heavy atom. The Balaban J connectivity index is 5.90. The monoisotopic (exact) mass is 421 g/mol. The van der Waals surface area contributed by atoms with E-state index >= 15 is 0 Å². The van der Waals surface area contributed by atoms with Crippen LogP contribution in [0.5, 0.6) is 0 Å². The lowest BCUT2D eigenvalue weighted by molar-refractivity contribution is -0.110. The highest BCUT2D eigenvalue weighted by molar-refractivity contribution is 6.50. The van der Waals surface area contributed by atoms with Gasteiger partial charge in [-0.15, -0.1) is 0 Å². The molecule has 0 unspecified atom stereocenters. The fourth-order valence-corrected chi connectivity index (χ4v) is 1.86. The second-order valence-corrected chi connectivity index (χ2v) is 5.72. The van der Waals surface area contributed by atoms with Crippen LogP contribution >= 0.6 is 0 Å². The molecule has 0 fully saturated rings. The largest absolute Gasteiger partial charge is 0.277 e. The van der Waals surface area contributed by atoms with Crippen molar-refractivity contribution in [3.63, 3.8) is 0 Å². The highest BCUT2D eigenvalue weighted by atomic mass is 16.1. The zero-order chi connectivity index (χ0) is 24.2. The molecule has 0 saturated carbocycles. The highest BCUT2D eigenvalue weighted by Crippen LogP contribution is 2.03. The van der Waals surface area contributed by atoms with Gasteiger partial charge in [0.2, 0.25) is 0 Å². The van der Waals surface area contributed by atoms with E-state index in [2.05, 4.69) is 55.0 Å². The molecule has 0 aromatic carbocycles. The SMILES string of the molecule is C=C/C=C\C=C(\C#CC(=O)/C(C=C)=N/C(=C\C=C)C(=O)C#CC(/C=C\C=C/C)=C/C)C=C. The number of nitrogens with zero attached hydrogens (tertiary/aromatic N) is 1. The van der Waals surface area contributed by atoms with Gasteiger partial charge in [-0.3, -0.25) is 9.59 Å². The summed E-state index contributed by atoms with van der Waals surface area (Å²) in [6.07, 6.45) is 21.4. The number of ketones is 2. The van der Waals surface area contributed by atoms with Crippen LogP contribution in [0, 0.1) is 23.7 Å². The first-order valence-corrected chi connectivity index (χ1v) is 9.71. The molecule has 3 nitrogen and oxygen atoms in total. The van der Waals surface area contributed by atoms with E-state index in [1.54, 1.807) is 36.5 Å². The highest BCUT2D eigenvalue weighted by Gasteiger charge is 2.10. The summed E-state index contributed by atoms with van der Waals surface area (Å²) >= 11 is 0. The molecule has 0 atom stereocenters. The first-order chi connectivity index (χ1) is 15.5. The van der Waals surface area contributed by atoms with Gasteiger partial charge in [-0.05, 0) is 50.0 Å². The molecular formula is C29H27NO2. The maximum Gasteiger partial charge on any atom is 0.254 e. The first kappa shape index (κ1) is 27.5. The third kappa shape index (κ3) is 11.5. The van der Waals surface area contributed by atoms with Crippen molar-refractivity contribution in [2.24, 2.45) is 4.99 Å². The summed E-state index contributed by atoms with van der Waals surface area (Å²) in [5.41, 5.74) is 1.08. The summed E-state index contributed by atoms with van der Waals surface area (Å²) in [6, 6.07) is 0. The number of allylic oxidation sites excluding steroid dienone is 16. The number of rotatable bonds is 10. The van der Waals surface area contributed by atoms with E-state index in [0.717, 1.165) is 0 Å². The topological polar surface area (TPSA) is 46.5 Å². The van der Waals surface area contributed by atoms with Gasteiger partial charge >= 0.3 is 0 Å². The Morgan fingerprint density at radius 1 is 0.719 bits per heavy atom. The molecule has 0 aliphatic carbocycles. The molecule has 0 aliphatic heterocycles. The van der Waals surface area contributed by atoms with Crippen molar-refractivity contribution >= 4 is 17.3 Å². The van der Waals surface area contributed by atoms with E-state index < -0.39 is 11.6 Å². The second-order valence-electron chi connectivity index (χ2n) is 5.72. The molecule has 0 rings (SSSR count). The smallest absolute Gasteiger partial charge is 0.254 e. The number of Topliss-reactive ketones (excluding diaryl/α,β-unsaturated/α-hetero) is 2. The number of hydrogen-bond donors (Lipinski definition) is 0. The van der Waals surface area contributed by atoms with Crippen molar-refractivity contribution in [1.82, 2.24) is 0 Å². The van der Waals surface area contributed by atoms with Gasteiger partial charge in [0.15, 0.2) is 0 Å². The van der Waals surface area contributed by atoms with Gasteiger partial charge in [-0.2, -0.15) is 0 Å². The van der Waals surface area contributed by atoms with Crippen LogP contribution in [0.1, 0.15) is 13.8 Å². The Morgan fingerprint density at radius 3 is 1.97 bits per heavy atom. The van der Waals surface area contributed by atoms with E-state index in [4.69, 9.17) is 0 Å². The normalized spacial score (nSPS) is 12.7. The van der Waals surface area contributed by atoms with Gasteiger partial charge in [0.05, 0.1) is 0 Å². The minimum Gasteiger partial charge on any atom is -0.277 e. The summed E-state index contributed by atoms with van der Waals surface area (Å²) in [4.78, 5) is 29.1. The molecule has 0 aromatic heterocycles. The van der Waals surface area contributed by atoms with Crippen molar-refractivity contribution in [2.45, 2.75) is 13.8 Å². The number of hydrogen-bond acceptors (Lipinski definition) is 3. The van der Waals surface area contributed by atoms with Crippen LogP contribution in [0.2, 0.25) is 0 Å². The van der Waals surface area contributed by atoms with E-state index in [1.807, 2.05) is 32.1 Å². The first-order valence-electron chi connectivity index (χ1n) is 9.71. The van der Waals surface area contributed by atoms with Crippen molar-refractivity contribution in [1.29, 1.82) is 0 Å². The summed E-state index contributed by atoms with van der Waals surface area (Å²) in [5.74, 6) is 9.33. The Hall–Kier alpha value is -4.47. The molecule has 160 valence electrons. The van der Waals surface area contributed by atoms with Crippen molar-refractivity contribution < 1.29 is 9.59 Å². The molecule has 0 amide bonds. The number of carbonyl (C=O) groups excluding carboxylic acids is 2. The molecule has 0 saturated heterocycles. The van der Waals surface area contributed by atoms with Gasteiger partial charge in [0.1, 0.15) is 11.4 Å². The average molecular weight is 422 g/mol. The van der Waals surface area contributed by atoms with Crippen LogP contribution in [0.4, 0.5) is 0 Å². The maximum absolute atomic E-state index is 12.5. The summed E-state index contributed by atoms with van der Waals surface area (Å²) in [7, 11) is 0. The molecule has 0 spiro atoms. The third-order valence-corrected chi connectivity index (χ3v) is 3.45. The molecule has 0 heterocycles. The van der Waals surface area contributed by atoms with Crippen molar-refractivity contribution in [3.8, 4) is 23.7 Å². The lowest BCUT2D eigenvalue weighted by Crippen LogP contribution is -2.11. The number of carbonyl (C=O) groups is 2. The lowest BCUT2D eigenvalue weighted by Gasteiger charge is -1.97. The molecule has 0 aromatic rings. The molecule has 0 bridgehead atoms. The zero-order valence-corrected chi connectivity index (χ0v) is 18.6. The van der Waals surface area contributed by atoms with E-state index in [1.165, 1.54) is 24.3 Å². The molecule has 3 heteroatoms. The molecule has 0 radical (unpaired) electrons. The average Bonchev–Trinajstić information content (AvgIpc) is 2.80. The van der Waals surface area contributed by atoms with Gasteiger partial charge < -0.3 is 0 Å². The Labute approximate surface area is 191 Å². The van der Waals surface area contributed by atoms with Crippen LogP contribution in [-0.4, -0.2) is 17.3 Å². The van der Waals surface area contributed by atoms with Gasteiger partial charge in [0, 0.05) is 11.1 Å². The van der Waals surface area contributed by atoms with Crippen molar-refractivity contribution in [2.75, 3.05) is 0 Å². The summed E-state index contributed by atoms with van der Waals surface area (Å²) < 4.78 is 0. The predicted molar refractivity (Wildman–Crippen MR) is 137 cm³/mol. The minimum atomic E-state index is -0.598. The van der Waals surface area contributed by atoms with Crippen LogP contribution in [-0.2, 0) is 9.59 Å². The fraction of sp³-hybridized carbons (Fsp3) is 0.0690. The van der Waals surface area contributed by atoms with Crippen LogP contribution < -0.4 is 0 Å². The summed E-state index contributed by atoms with van der Waals surface area (Å²) in [6.45, 7) is 18.1. The van der Waals surface area contributed by atoms with Crippen molar-refractivity contribution in [3.05, 3.63) is 122 Å².